The van der Waals surface area contributed by atoms with Gasteiger partial charge in [0.2, 0.25) is 0 Å². The van der Waals surface area contributed by atoms with Crippen molar-refractivity contribution in [1.82, 2.24) is 15.0 Å². The van der Waals surface area contributed by atoms with Crippen molar-refractivity contribution in [3.63, 3.8) is 0 Å². The van der Waals surface area contributed by atoms with Gasteiger partial charge in [-0.15, -0.1) is 0 Å². The Balaban J connectivity index is 1.70. The van der Waals surface area contributed by atoms with Crippen LogP contribution in [0.1, 0.15) is 10.4 Å². The molecule has 0 saturated carbocycles. The van der Waals surface area contributed by atoms with Crippen LogP contribution in [0.25, 0.3) is 33.2 Å². The molecule has 0 fully saturated rings. The minimum Gasteiger partial charge on any atom is -0.496 e. The van der Waals surface area contributed by atoms with Crippen LogP contribution in [0.15, 0.2) is 79.1 Å². The van der Waals surface area contributed by atoms with Gasteiger partial charge in [0, 0.05) is 28.7 Å². The monoisotopic (exact) mass is 423 g/mol. The van der Waals surface area contributed by atoms with Crippen molar-refractivity contribution in [2.45, 2.75) is 0 Å². The molecule has 156 valence electrons. The van der Waals surface area contributed by atoms with Gasteiger partial charge in [0.25, 0.3) is 0 Å². The average molecular weight is 423 g/mol. The fraction of sp³-hybridized carbons (Fsp3) is 0.0400. The molecule has 0 aliphatic carbocycles. The lowest BCUT2D eigenvalue weighted by molar-refractivity contribution is 0.0693. The second kappa shape index (κ2) is 7.96. The van der Waals surface area contributed by atoms with Gasteiger partial charge in [-0.1, -0.05) is 30.3 Å². The first-order valence-electron chi connectivity index (χ1n) is 9.83. The van der Waals surface area contributed by atoms with Gasteiger partial charge in [-0.05, 0) is 36.4 Å². The van der Waals surface area contributed by atoms with E-state index in [-0.39, 0.29) is 11.3 Å². The number of carboxylic acid groups (broad SMARTS) is 1. The third kappa shape index (κ3) is 3.45. The molecule has 0 atom stereocenters. The van der Waals surface area contributed by atoms with Crippen molar-refractivity contribution >= 4 is 27.9 Å². The van der Waals surface area contributed by atoms with Crippen molar-refractivity contribution in [3.8, 4) is 28.5 Å². The molecular weight excluding hydrogens is 406 g/mol. The lowest BCUT2D eigenvalue weighted by atomic mass is 10.1. The van der Waals surface area contributed by atoms with Crippen LogP contribution in [-0.4, -0.2) is 33.1 Å². The van der Waals surface area contributed by atoms with Gasteiger partial charge in [-0.3, -0.25) is 4.98 Å². The molecule has 7 heteroatoms. The summed E-state index contributed by atoms with van der Waals surface area (Å²) in [5, 5.41) is 10.9. The number of nitrogens with zero attached hydrogens (tertiary/aromatic N) is 3. The van der Waals surface area contributed by atoms with Gasteiger partial charge >= 0.3 is 5.97 Å². The minimum absolute atomic E-state index is 0.0353. The van der Waals surface area contributed by atoms with Gasteiger partial charge in [-0.2, -0.15) is 0 Å². The third-order valence-corrected chi connectivity index (χ3v) is 5.07. The molecule has 0 amide bonds. The number of methoxy groups -OCH3 is 1. The minimum atomic E-state index is -1.09. The van der Waals surface area contributed by atoms with E-state index >= 15 is 0 Å². The van der Waals surface area contributed by atoms with Gasteiger partial charge in [0.1, 0.15) is 22.8 Å². The fourth-order valence-corrected chi connectivity index (χ4v) is 3.56. The predicted octanol–water partition coefficient (Wildman–Crippen LogP) is 5.34. The second-order valence-corrected chi connectivity index (χ2v) is 7.04. The van der Waals surface area contributed by atoms with Crippen LogP contribution >= 0.6 is 0 Å². The summed E-state index contributed by atoms with van der Waals surface area (Å²) in [6, 6.07) is 20.2. The number of pyridine rings is 3. The first-order chi connectivity index (χ1) is 15.6. The van der Waals surface area contributed by atoms with Crippen LogP contribution in [0.3, 0.4) is 0 Å². The summed E-state index contributed by atoms with van der Waals surface area (Å²) >= 11 is 0. The van der Waals surface area contributed by atoms with E-state index < -0.39 is 5.97 Å². The van der Waals surface area contributed by atoms with Gasteiger partial charge in [-0.25, -0.2) is 14.8 Å². The lowest BCUT2D eigenvalue weighted by Gasteiger charge is -2.14. The number of rotatable bonds is 5. The van der Waals surface area contributed by atoms with E-state index in [0.717, 1.165) is 10.9 Å². The van der Waals surface area contributed by atoms with E-state index in [2.05, 4.69) is 9.97 Å². The molecule has 7 nitrogen and oxygen atoms in total. The van der Waals surface area contributed by atoms with Crippen molar-refractivity contribution in [3.05, 3.63) is 84.7 Å². The number of ether oxygens (including phenoxy) is 2. The molecule has 5 rings (SSSR count). The summed E-state index contributed by atoms with van der Waals surface area (Å²) in [7, 11) is 1.43. The zero-order chi connectivity index (χ0) is 22.1. The van der Waals surface area contributed by atoms with E-state index in [1.54, 1.807) is 24.5 Å². The molecule has 0 spiro atoms. The highest BCUT2D eigenvalue weighted by molar-refractivity contribution is 5.98. The third-order valence-electron chi connectivity index (χ3n) is 5.07. The molecule has 0 aliphatic heterocycles. The number of aromatic carboxylic acids is 1. The van der Waals surface area contributed by atoms with Crippen LogP contribution < -0.4 is 9.47 Å². The molecule has 0 bridgehead atoms. The van der Waals surface area contributed by atoms with Gasteiger partial charge in [0.15, 0.2) is 11.4 Å². The number of fused-ring (bicyclic) bond motifs is 2. The highest BCUT2D eigenvalue weighted by atomic mass is 16.5. The first kappa shape index (κ1) is 19.4. The normalized spacial score (nSPS) is 10.9. The molecule has 0 saturated heterocycles. The highest BCUT2D eigenvalue weighted by Crippen LogP contribution is 2.38. The Morgan fingerprint density at radius 2 is 1.72 bits per heavy atom. The SMILES string of the molecule is COc1cc2c(Oc3cc4cccnc4nc3-c3ccccc3)ccnc2cc1C(=O)O. The first-order valence-corrected chi connectivity index (χ1v) is 9.83. The zero-order valence-corrected chi connectivity index (χ0v) is 17.0. The summed E-state index contributed by atoms with van der Waals surface area (Å²) in [5.74, 6) is 0.194. The van der Waals surface area contributed by atoms with Crippen LogP contribution in [-0.2, 0) is 0 Å². The van der Waals surface area contributed by atoms with Crippen molar-refractivity contribution in [1.29, 1.82) is 0 Å². The Morgan fingerprint density at radius 3 is 2.50 bits per heavy atom. The number of hydrogen-bond donors (Lipinski definition) is 1. The number of hydrogen-bond acceptors (Lipinski definition) is 6. The Labute approximate surface area is 182 Å². The molecule has 32 heavy (non-hydrogen) atoms. The summed E-state index contributed by atoms with van der Waals surface area (Å²) in [6.07, 6.45) is 3.28. The Morgan fingerprint density at radius 1 is 0.875 bits per heavy atom. The van der Waals surface area contributed by atoms with Gasteiger partial charge in [0.05, 0.1) is 12.6 Å². The second-order valence-electron chi connectivity index (χ2n) is 7.04. The highest BCUT2D eigenvalue weighted by Gasteiger charge is 2.17. The summed E-state index contributed by atoms with van der Waals surface area (Å²) in [5.41, 5.74) is 2.67. The Hall–Kier alpha value is -4.52. The van der Waals surface area contributed by atoms with Crippen LogP contribution in [0.4, 0.5) is 0 Å². The number of aromatic nitrogens is 3. The summed E-state index contributed by atoms with van der Waals surface area (Å²) < 4.78 is 11.6. The Kier molecular flexibility index (Phi) is 4.84. The molecule has 2 aromatic carbocycles. The maximum Gasteiger partial charge on any atom is 0.339 e. The average Bonchev–Trinajstić information content (AvgIpc) is 2.83. The zero-order valence-electron chi connectivity index (χ0n) is 17.0. The molecule has 5 aromatic rings. The molecular formula is C25H17N3O4. The number of benzene rings is 2. The van der Waals surface area contributed by atoms with Crippen LogP contribution in [0, 0.1) is 0 Å². The number of carboxylic acids is 1. The van der Waals surface area contributed by atoms with E-state index in [1.807, 2.05) is 48.5 Å². The van der Waals surface area contributed by atoms with E-state index in [1.165, 1.54) is 13.2 Å². The fourth-order valence-electron chi connectivity index (χ4n) is 3.56. The summed E-state index contributed by atoms with van der Waals surface area (Å²) in [4.78, 5) is 25.0. The Bertz CT molecular complexity index is 1470. The summed E-state index contributed by atoms with van der Waals surface area (Å²) in [6.45, 7) is 0. The van der Waals surface area contributed by atoms with Gasteiger partial charge < -0.3 is 14.6 Å². The maximum absolute atomic E-state index is 11.6. The van der Waals surface area contributed by atoms with E-state index in [9.17, 15) is 9.90 Å². The predicted molar refractivity (Wildman–Crippen MR) is 120 cm³/mol. The van der Waals surface area contributed by atoms with Crippen LogP contribution in [0.2, 0.25) is 0 Å². The molecule has 0 unspecified atom stereocenters. The maximum atomic E-state index is 11.6. The van der Waals surface area contributed by atoms with Crippen LogP contribution in [0.5, 0.6) is 17.2 Å². The topological polar surface area (TPSA) is 94.4 Å². The largest absolute Gasteiger partial charge is 0.496 e. The molecule has 0 aliphatic rings. The van der Waals surface area contributed by atoms with Crippen molar-refractivity contribution in [2.75, 3.05) is 7.11 Å². The smallest absolute Gasteiger partial charge is 0.339 e. The molecule has 3 aromatic heterocycles. The molecule has 3 heterocycles. The number of carbonyl (C=O) groups is 1. The van der Waals surface area contributed by atoms with E-state index in [0.29, 0.717) is 33.7 Å². The molecule has 1 N–H and O–H groups in total. The van der Waals surface area contributed by atoms with Crippen molar-refractivity contribution in [2.24, 2.45) is 0 Å². The standard InChI is InChI=1S/C25H17N3O4/c1-31-21-14-17-19(13-18(21)25(29)30)26-11-9-20(17)32-22-12-16-8-5-10-27-24(16)28-23(22)15-6-3-2-4-7-15/h2-14H,1H3,(H,29,30). The van der Waals surface area contributed by atoms with E-state index in [4.69, 9.17) is 14.5 Å². The van der Waals surface area contributed by atoms with Crippen molar-refractivity contribution < 1.29 is 19.4 Å². The molecule has 0 radical (unpaired) electrons. The lowest BCUT2D eigenvalue weighted by Crippen LogP contribution is -2.01. The quantitative estimate of drug-likeness (QED) is 0.407.